The Labute approximate surface area is 153 Å². The molecule has 0 radical (unpaired) electrons. The van der Waals surface area contributed by atoms with Crippen molar-refractivity contribution in [3.05, 3.63) is 65.5 Å². The van der Waals surface area contributed by atoms with Gasteiger partial charge in [-0.3, -0.25) is 9.59 Å². The van der Waals surface area contributed by atoms with Gasteiger partial charge in [-0.15, -0.1) is 0 Å². The zero-order chi connectivity index (χ0) is 18.9. The minimum absolute atomic E-state index is 0.0824. The summed E-state index contributed by atoms with van der Waals surface area (Å²) in [4.78, 5) is 23.3. The number of halogens is 1. The second-order valence-electron chi connectivity index (χ2n) is 6.29. The lowest BCUT2D eigenvalue weighted by molar-refractivity contribution is -0.121. The molecule has 26 heavy (non-hydrogen) atoms. The Balaban J connectivity index is 1.84. The van der Waals surface area contributed by atoms with E-state index in [0.717, 1.165) is 17.5 Å². The monoisotopic (exact) mass is 357 g/mol. The molecule has 0 spiro atoms. The molecule has 0 bridgehead atoms. The van der Waals surface area contributed by atoms with Gasteiger partial charge in [-0.1, -0.05) is 31.2 Å². The van der Waals surface area contributed by atoms with E-state index in [9.17, 15) is 14.0 Å². The van der Waals surface area contributed by atoms with Crippen LogP contribution in [0.5, 0.6) is 5.75 Å². The summed E-state index contributed by atoms with van der Waals surface area (Å²) in [6.07, 6.45) is 1.37. The second kappa shape index (κ2) is 9.70. The molecule has 1 N–H and O–H groups in total. The minimum Gasteiger partial charge on any atom is -0.489 e. The normalized spacial score (nSPS) is 11.7. The third-order valence-electron chi connectivity index (χ3n) is 3.99. The van der Waals surface area contributed by atoms with Gasteiger partial charge >= 0.3 is 0 Å². The van der Waals surface area contributed by atoms with E-state index in [1.807, 2.05) is 19.1 Å². The Bertz CT molecular complexity index is 743. The zero-order valence-corrected chi connectivity index (χ0v) is 15.1. The van der Waals surface area contributed by atoms with Gasteiger partial charge in [0, 0.05) is 25.8 Å². The molecule has 0 aliphatic carbocycles. The molecule has 2 aromatic carbocycles. The van der Waals surface area contributed by atoms with Crippen LogP contribution >= 0.6 is 0 Å². The Morgan fingerprint density at radius 1 is 1.12 bits per heavy atom. The predicted octanol–water partition coefficient (Wildman–Crippen LogP) is 3.82. The molecule has 4 nitrogen and oxygen atoms in total. The number of carbonyl (C=O) groups excluding carboxylic acids is 2. The summed E-state index contributed by atoms with van der Waals surface area (Å²) in [5.41, 5.74) is 1.65. The van der Waals surface area contributed by atoms with E-state index in [4.69, 9.17) is 4.74 Å². The van der Waals surface area contributed by atoms with Gasteiger partial charge in [-0.25, -0.2) is 4.39 Å². The number of ether oxygens (including phenoxy) is 1. The van der Waals surface area contributed by atoms with Gasteiger partial charge < -0.3 is 10.1 Å². The fourth-order valence-corrected chi connectivity index (χ4v) is 2.66. The van der Waals surface area contributed by atoms with Gasteiger partial charge in [0.2, 0.25) is 5.91 Å². The van der Waals surface area contributed by atoms with Crippen molar-refractivity contribution in [2.24, 2.45) is 0 Å². The number of amides is 1. The molecule has 0 aromatic heterocycles. The highest BCUT2D eigenvalue weighted by Crippen LogP contribution is 2.16. The first-order valence-electron chi connectivity index (χ1n) is 8.71. The number of Topliss-reactive ketones (excluding diaryl/α,β-unsaturated/α-hetero) is 1. The summed E-state index contributed by atoms with van der Waals surface area (Å²) < 4.78 is 18.8. The van der Waals surface area contributed by atoms with Crippen LogP contribution in [0.2, 0.25) is 0 Å². The summed E-state index contributed by atoms with van der Waals surface area (Å²) in [6, 6.07) is 13.4. The van der Waals surface area contributed by atoms with Gasteiger partial charge in [0.15, 0.2) is 0 Å². The highest BCUT2D eigenvalue weighted by atomic mass is 19.1. The Kier molecular flexibility index (Phi) is 7.33. The maximum Gasteiger partial charge on any atom is 0.217 e. The van der Waals surface area contributed by atoms with Crippen LogP contribution in [0.1, 0.15) is 37.8 Å². The lowest BCUT2D eigenvalue weighted by atomic mass is 10.0. The fourth-order valence-electron chi connectivity index (χ4n) is 2.66. The number of hydrogen-bond acceptors (Lipinski definition) is 3. The first-order chi connectivity index (χ1) is 12.5. The highest BCUT2D eigenvalue weighted by molar-refractivity contribution is 5.82. The van der Waals surface area contributed by atoms with Gasteiger partial charge in [-0.05, 0) is 41.8 Å². The highest BCUT2D eigenvalue weighted by Gasteiger charge is 2.13. The van der Waals surface area contributed by atoms with Crippen molar-refractivity contribution in [2.75, 3.05) is 0 Å². The van der Waals surface area contributed by atoms with Crippen LogP contribution in [0.25, 0.3) is 0 Å². The van der Waals surface area contributed by atoms with E-state index in [1.165, 1.54) is 19.1 Å². The van der Waals surface area contributed by atoms with Crippen LogP contribution in [0.3, 0.4) is 0 Å². The lowest BCUT2D eigenvalue weighted by Crippen LogP contribution is -2.34. The number of hydrogen-bond donors (Lipinski definition) is 1. The number of ketones is 1. The van der Waals surface area contributed by atoms with E-state index in [0.29, 0.717) is 18.6 Å². The third kappa shape index (κ3) is 6.67. The second-order valence-corrected chi connectivity index (χ2v) is 6.29. The van der Waals surface area contributed by atoms with E-state index < -0.39 is 0 Å². The molecule has 1 amide bonds. The smallest absolute Gasteiger partial charge is 0.217 e. The van der Waals surface area contributed by atoms with Crippen molar-refractivity contribution in [3.8, 4) is 5.75 Å². The maximum absolute atomic E-state index is 13.1. The number of benzene rings is 2. The SMILES string of the molecule is CCC(CC(=O)Cc1ccc(OCc2cccc(F)c2)cc1)NC(C)=O. The van der Waals surface area contributed by atoms with Gasteiger partial charge in [0.05, 0.1) is 0 Å². The summed E-state index contributed by atoms with van der Waals surface area (Å²) in [5.74, 6) is 0.336. The standard InChI is InChI=1S/C21H24FNO3/c1-3-19(23-15(2)24)13-20(25)12-16-7-9-21(10-8-16)26-14-17-5-4-6-18(22)11-17/h4-11,19H,3,12-14H2,1-2H3,(H,23,24). The maximum atomic E-state index is 13.1. The number of carbonyl (C=O) groups is 2. The van der Waals surface area contributed by atoms with Crippen LogP contribution in [0.15, 0.2) is 48.5 Å². The van der Waals surface area contributed by atoms with Gasteiger partial charge in [-0.2, -0.15) is 0 Å². The first-order valence-corrected chi connectivity index (χ1v) is 8.71. The van der Waals surface area contributed by atoms with Crippen molar-refractivity contribution >= 4 is 11.7 Å². The van der Waals surface area contributed by atoms with E-state index in [1.54, 1.807) is 24.3 Å². The van der Waals surface area contributed by atoms with Crippen LogP contribution in [0.4, 0.5) is 4.39 Å². The molecule has 138 valence electrons. The van der Waals surface area contributed by atoms with Crippen molar-refractivity contribution in [2.45, 2.75) is 45.8 Å². The van der Waals surface area contributed by atoms with Crippen molar-refractivity contribution < 1.29 is 18.7 Å². The van der Waals surface area contributed by atoms with Crippen molar-refractivity contribution in [1.82, 2.24) is 5.32 Å². The molecule has 0 aliphatic rings. The van der Waals surface area contributed by atoms with E-state index in [-0.39, 0.29) is 30.2 Å². The predicted molar refractivity (Wildman–Crippen MR) is 98.4 cm³/mol. The average molecular weight is 357 g/mol. The molecular weight excluding hydrogens is 333 g/mol. The molecule has 5 heteroatoms. The van der Waals surface area contributed by atoms with Crippen LogP contribution in [0, 0.1) is 5.82 Å². The summed E-state index contributed by atoms with van der Waals surface area (Å²) in [7, 11) is 0. The Morgan fingerprint density at radius 2 is 1.85 bits per heavy atom. The summed E-state index contributed by atoms with van der Waals surface area (Å²) >= 11 is 0. The molecule has 0 saturated carbocycles. The van der Waals surface area contributed by atoms with Gasteiger partial charge in [0.25, 0.3) is 0 Å². The minimum atomic E-state index is -0.287. The Hall–Kier alpha value is -2.69. The third-order valence-corrected chi connectivity index (χ3v) is 3.99. The van der Waals surface area contributed by atoms with E-state index >= 15 is 0 Å². The van der Waals surface area contributed by atoms with Crippen LogP contribution < -0.4 is 10.1 Å². The molecule has 1 unspecified atom stereocenters. The zero-order valence-electron chi connectivity index (χ0n) is 15.1. The molecular formula is C21H24FNO3. The van der Waals surface area contributed by atoms with E-state index in [2.05, 4.69) is 5.32 Å². The van der Waals surface area contributed by atoms with Gasteiger partial charge in [0.1, 0.15) is 24.0 Å². The van der Waals surface area contributed by atoms with Crippen LogP contribution in [-0.4, -0.2) is 17.7 Å². The quantitative estimate of drug-likeness (QED) is 0.742. The topological polar surface area (TPSA) is 55.4 Å². The largest absolute Gasteiger partial charge is 0.489 e. The molecule has 1 atom stereocenters. The molecule has 0 fully saturated rings. The molecule has 0 heterocycles. The molecule has 2 aromatic rings. The number of nitrogens with one attached hydrogen (secondary N) is 1. The van der Waals surface area contributed by atoms with Crippen LogP contribution in [-0.2, 0) is 22.6 Å². The fraction of sp³-hybridized carbons (Fsp3) is 0.333. The van der Waals surface area contributed by atoms with Crippen molar-refractivity contribution in [1.29, 1.82) is 0 Å². The molecule has 0 aliphatic heterocycles. The van der Waals surface area contributed by atoms with Crippen molar-refractivity contribution in [3.63, 3.8) is 0 Å². The summed E-state index contributed by atoms with van der Waals surface area (Å²) in [5, 5.41) is 2.79. The Morgan fingerprint density at radius 3 is 2.46 bits per heavy atom. The lowest BCUT2D eigenvalue weighted by Gasteiger charge is -2.15. The number of rotatable bonds is 9. The molecule has 0 saturated heterocycles. The average Bonchev–Trinajstić information content (AvgIpc) is 2.60. The summed E-state index contributed by atoms with van der Waals surface area (Å²) in [6.45, 7) is 3.68. The molecule has 2 rings (SSSR count). The first kappa shape index (κ1) is 19.6.